The van der Waals surface area contributed by atoms with Crippen LogP contribution in [0.5, 0.6) is 0 Å². The average Bonchev–Trinajstić information content (AvgIpc) is 2.31. The number of nitrogen functional groups attached to an aromatic ring is 1. The highest BCUT2D eigenvalue weighted by molar-refractivity contribution is 6.31. The lowest BCUT2D eigenvalue weighted by atomic mass is 10.1. The van der Waals surface area contributed by atoms with E-state index in [0.29, 0.717) is 22.8 Å². The van der Waals surface area contributed by atoms with E-state index in [9.17, 15) is 4.79 Å². The molecule has 0 saturated heterocycles. The first-order chi connectivity index (χ1) is 8.08. The third-order valence-electron chi connectivity index (χ3n) is 2.87. The predicted molar refractivity (Wildman–Crippen MR) is 70.1 cm³/mol. The number of hydrogen-bond acceptors (Lipinski definition) is 2. The fraction of sp³-hybridized carbons (Fsp3) is 0.308. The molecule has 17 heavy (non-hydrogen) atoms. The molecule has 0 aromatic heterocycles. The molecule has 0 spiro atoms. The third-order valence-corrected chi connectivity index (χ3v) is 3.10. The second kappa shape index (κ2) is 4.80. The second-order valence-electron chi connectivity index (χ2n) is 4.30. The van der Waals surface area contributed by atoms with Crippen LogP contribution in [0.2, 0.25) is 5.02 Å². The van der Waals surface area contributed by atoms with E-state index < -0.39 is 0 Å². The Labute approximate surface area is 106 Å². The molecule has 2 rings (SSSR count). The molecule has 1 heterocycles. The van der Waals surface area contributed by atoms with Gasteiger partial charge < -0.3 is 10.6 Å². The summed E-state index contributed by atoms with van der Waals surface area (Å²) in [7, 11) is 0. The normalized spacial score (nSPS) is 15.6. The molecule has 0 radical (unpaired) electrons. The van der Waals surface area contributed by atoms with E-state index >= 15 is 0 Å². The minimum absolute atomic E-state index is 0.0440. The van der Waals surface area contributed by atoms with Crippen LogP contribution >= 0.6 is 11.6 Å². The summed E-state index contributed by atoms with van der Waals surface area (Å²) in [6, 6.07) is 4.99. The van der Waals surface area contributed by atoms with Crippen molar-refractivity contribution in [2.24, 2.45) is 0 Å². The highest BCUT2D eigenvalue weighted by Crippen LogP contribution is 2.21. The Bertz CT molecular complexity index is 482. The summed E-state index contributed by atoms with van der Waals surface area (Å²) in [6.07, 6.45) is 3.06. The fourth-order valence-electron chi connectivity index (χ4n) is 1.97. The van der Waals surface area contributed by atoms with E-state index in [4.69, 9.17) is 17.3 Å². The van der Waals surface area contributed by atoms with Crippen LogP contribution in [0.3, 0.4) is 0 Å². The first-order valence-electron chi connectivity index (χ1n) is 5.58. The first kappa shape index (κ1) is 12.0. The Kier molecular flexibility index (Phi) is 3.38. The molecular formula is C13H15ClN2O. The Morgan fingerprint density at radius 3 is 2.94 bits per heavy atom. The molecule has 90 valence electrons. The summed E-state index contributed by atoms with van der Waals surface area (Å²) in [6.45, 7) is 3.44. The number of halogens is 1. The molecule has 0 aliphatic carbocycles. The number of hydrogen-bond donors (Lipinski definition) is 1. The smallest absolute Gasteiger partial charge is 0.256 e. The van der Waals surface area contributed by atoms with Gasteiger partial charge in [0.2, 0.25) is 0 Å². The van der Waals surface area contributed by atoms with Crippen molar-refractivity contribution in [2.45, 2.75) is 13.3 Å². The first-order valence-corrected chi connectivity index (χ1v) is 5.95. The van der Waals surface area contributed by atoms with E-state index in [1.807, 2.05) is 6.92 Å². The second-order valence-corrected chi connectivity index (χ2v) is 4.73. The lowest BCUT2D eigenvalue weighted by molar-refractivity contribution is 0.0767. The van der Waals surface area contributed by atoms with Crippen LogP contribution in [0.1, 0.15) is 23.7 Å². The van der Waals surface area contributed by atoms with Crippen molar-refractivity contribution in [3.8, 4) is 0 Å². The van der Waals surface area contributed by atoms with Crippen LogP contribution in [0.25, 0.3) is 0 Å². The number of benzene rings is 1. The molecule has 0 bridgehead atoms. The molecule has 1 aliphatic heterocycles. The molecule has 1 aromatic rings. The number of amides is 1. The van der Waals surface area contributed by atoms with Gasteiger partial charge in [0.15, 0.2) is 0 Å². The van der Waals surface area contributed by atoms with Crippen molar-refractivity contribution >= 4 is 23.2 Å². The minimum Gasteiger partial charge on any atom is -0.398 e. The van der Waals surface area contributed by atoms with Gasteiger partial charge in [-0.1, -0.05) is 23.3 Å². The van der Waals surface area contributed by atoms with Gasteiger partial charge in [-0.15, -0.1) is 0 Å². The van der Waals surface area contributed by atoms with Gasteiger partial charge in [0, 0.05) is 23.8 Å². The zero-order valence-electron chi connectivity index (χ0n) is 9.74. The summed E-state index contributed by atoms with van der Waals surface area (Å²) in [5, 5.41) is 0.534. The minimum atomic E-state index is -0.0440. The van der Waals surface area contributed by atoms with Crippen LogP contribution in [-0.4, -0.2) is 23.9 Å². The molecule has 0 unspecified atom stereocenters. The van der Waals surface area contributed by atoms with Gasteiger partial charge in [0.25, 0.3) is 5.91 Å². The number of anilines is 1. The Morgan fingerprint density at radius 1 is 1.47 bits per heavy atom. The van der Waals surface area contributed by atoms with E-state index in [1.54, 1.807) is 23.1 Å². The number of nitrogens with two attached hydrogens (primary N) is 1. The summed E-state index contributed by atoms with van der Waals surface area (Å²) in [5.74, 6) is -0.0440. The molecule has 0 fully saturated rings. The Hall–Kier alpha value is -1.48. The molecular weight excluding hydrogens is 236 g/mol. The van der Waals surface area contributed by atoms with Crippen LogP contribution in [0, 0.1) is 0 Å². The summed E-state index contributed by atoms with van der Waals surface area (Å²) in [5.41, 5.74) is 8.00. The number of rotatable bonds is 1. The zero-order chi connectivity index (χ0) is 12.4. The maximum absolute atomic E-state index is 12.3. The molecule has 0 atom stereocenters. The number of carbonyl (C=O) groups excluding carboxylic acids is 1. The standard InChI is InChI=1S/C13H15ClN2O/c1-9-3-2-6-16(8-9)13(17)11-7-10(14)4-5-12(11)15/h3-5,7H,2,6,8,15H2,1H3. The number of carbonyl (C=O) groups is 1. The van der Waals surface area contributed by atoms with Gasteiger partial charge in [-0.05, 0) is 31.5 Å². The summed E-state index contributed by atoms with van der Waals surface area (Å²) in [4.78, 5) is 14.1. The van der Waals surface area contributed by atoms with Crippen LogP contribution < -0.4 is 5.73 Å². The van der Waals surface area contributed by atoms with E-state index in [-0.39, 0.29) is 5.91 Å². The van der Waals surface area contributed by atoms with Crippen molar-refractivity contribution in [3.63, 3.8) is 0 Å². The molecule has 1 amide bonds. The van der Waals surface area contributed by atoms with Gasteiger partial charge in [-0.2, -0.15) is 0 Å². The zero-order valence-corrected chi connectivity index (χ0v) is 10.5. The van der Waals surface area contributed by atoms with Crippen LogP contribution in [0.4, 0.5) is 5.69 Å². The average molecular weight is 251 g/mol. The third kappa shape index (κ3) is 2.61. The highest BCUT2D eigenvalue weighted by atomic mass is 35.5. The molecule has 1 aromatic carbocycles. The van der Waals surface area contributed by atoms with Crippen molar-refractivity contribution in [1.82, 2.24) is 4.90 Å². The van der Waals surface area contributed by atoms with Gasteiger partial charge in [-0.3, -0.25) is 4.79 Å². The maximum atomic E-state index is 12.3. The van der Waals surface area contributed by atoms with E-state index in [0.717, 1.165) is 13.0 Å². The lowest BCUT2D eigenvalue weighted by Crippen LogP contribution is -2.35. The molecule has 3 nitrogen and oxygen atoms in total. The molecule has 0 saturated carbocycles. The molecule has 2 N–H and O–H groups in total. The van der Waals surface area contributed by atoms with Crippen molar-refractivity contribution in [3.05, 3.63) is 40.4 Å². The Balaban J connectivity index is 2.25. The summed E-state index contributed by atoms with van der Waals surface area (Å²) < 4.78 is 0. The van der Waals surface area contributed by atoms with Gasteiger partial charge >= 0.3 is 0 Å². The van der Waals surface area contributed by atoms with E-state index in [1.165, 1.54) is 5.57 Å². The monoisotopic (exact) mass is 250 g/mol. The van der Waals surface area contributed by atoms with Crippen molar-refractivity contribution < 1.29 is 4.79 Å². The predicted octanol–water partition coefficient (Wildman–Crippen LogP) is 2.71. The van der Waals surface area contributed by atoms with Crippen molar-refractivity contribution in [2.75, 3.05) is 18.8 Å². The highest BCUT2D eigenvalue weighted by Gasteiger charge is 2.20. The molecule has 1 aliphatic rings. The van der Waals surface area contributed by atoms with Crippen molar-refractivity contribution in [1.29, 1.82) is 0 Å². The number of nitrogens with zero attached hydrogens (tertiary/aromatic N) is 1. The molecule has 4 heteroatoms. The lowest BCUT2D eigenvalue weighted by Gasteiger charge is -2.26. The van der Waals surface area contributed by atoms with E-state index in [2.05, 4.69) is 6.08 Å². The van der Waals surface area contributed by atoms with Crippen LogP contribution in [-0.2, 0) is 0 Å². The van der Waals surface area contributed by atoms with Gasteiger partial charge in [0.05, 0.1) is 5.56 Å². The Morgan fingerprint density at radius 2 is 2.24 bits per heavy atom. The SMILES string of the molecule is CC1=CCCN(C(=O)c2cc(Cl)ccc2N)C1. The topological polar surface area (TPSA) is 46.3 Å². The largest absolute Gasteiger partial charge is 0.398 e. The van der Waals surface area contributed by atoms with Crippen LogP contribution in [0.15, 0.2) is 29.8 Å². The van der Waals surface area contributed by atoms with Gasteiger partial charge in [0.1, 0.15) is 0 Å². The van der Waals surface area contributed by atoms with Gasteiger partial charge in [-0.25, -0.2) is 0 Å². The summed E-state index contributed by atoms with van der Waals surface area (Å²) >= 11 is 5.89. The fourth-order valence-corrected chi connectivity index (χ4v) is 2.14. The quantitative estimate of drug-likeness (QED) is 0.615. The maximum Gasteiger partial charge on any atom is 0.256 e.